The van der Waals surface area contributed by atoms with Crippen molar-refractivity contribution in [3.63, 3.8) is 0 Å². The van der Waals surface area contributed by atoms with Crippen LogP contribution < -0.4 is 0 Å². The standard InChI is InChI=1S/2CHNS.Hg/c2*2-1-3;/h2*3H;/q;;+2/p-2. The van der Waals surface area contributed by atoms with E-state index >= 15 is 0 Å². The fraction of sp³-hybridized carbons (Fsp3) is 0. The Balaban J connectivity index is 2.77. The Morgan fingerprint density at radius 1 is 1.14 bits per heavy atom. The van der Waals surface area contributed by atoms with E-state index in [0.717, 1.165) is 0 Å². The van der Waals surface area contributed by atoms with Crippen LogP contribution in [0.25, 0.3) is 0 Å². The Kier molecular flexibility index (Phi) is 7.20. The third kappa shape index (κ3) is 6.62. The fourth-order valence-corrected chi connectivity index (χ4v) is 6.49. The summed E-state index contributed by atoms with van der Waals surface area (Å²) < 4.78 is 0. The molecule has 0 radical (unpaired) electrons. The molecule has 0 aliphatic rings. The Morgan fingerprint density at radius 3 is 1.86 bits per heavy atom. The molecule has 0 N–H and O–H groups in total. The van der Waals surface area contributed by atoms with Gasteiger partial charge in [-0.2, -0.15) is 0 Å². The van der Waals surface area contributed by atoms with E-state index in [4.69, 9.17) is 10.5 Å². The van der Waals surface area contributed by atoms with Crippen molar-refractivity contribution in [3.8, 4) is 10.8 Å². The van der Waals surface area contributed by atoms with Crippen LogP contribution >= 0.6 is 16.5 Å². The Morgan fingerprint density at radius 2 is 1.57 bits per heavy atom. The third-order valence-electron chi connectivity index (χ3n) is 0.247. The zero-order chi connectivity index (χ0) is 5.54. The molecule has 0 amide bonds. The molecule has 0 saturated heterocycles. The van der Waals surface area contributed by atoms with Crippen molar-refractivity contribution in [2.75, 3.05) is 0 Å². The van der Waals surface area contributed by atoms with Crippen molar-refractivity contribution >= 4 is 16.5 Å². The van der Waals surface area contributed by atoms with Gasteiger partial charge in [-0.05, 0) is 0 Å². The second-order valence-corrected chi connectivity index (χ2v) is 17.5. The first-order valence-electron chi connectivity index (χ1n) is 1.43. The molecule has 0 fully saturated rings. The van der Waals surface area contributed by atoms with Crippen LogP contribution in [0.4, 0.5) is 0 Å². The van der Waals surface area contributed by atoms with Crippen LogP contribution in [0.2, 0.25) is 0 Å². The summed E-state index contributed by atoms with van der Waals surface area (Å²) >= 11 is -1.09. The molecule has 0 aromatic rings. The molecule has 0 unspecified atom stereocenters. The van der Waals surface area contributed by atoms with E-state index < -0.39 is 21.5 Å². The molecular weight excluding hydrogens is 317 g/mol. The van der Waals surface area contributed by atoms with Gasteiger partial charge in [-0.15, -0.1) is 0 Å². The molecule has 0 saturated carbocycles. The maximum absolute atomic E-state index is 7.94. The average Bonchev–Trinajstić information content (AvgIpc) is 1.69. The molecule has 0 rings (SSSR count). The molecule has 0 heterocycles. The van der Waals surface area contributed by atoms with Gasteiger partial charge in [-0.25, -0.2) is 0 Å². The monoisotopic (exact) mass is 318 g/mol. The molecular formula is C2HgN2S2. The average molecular weight is 317 g/mol. The number of nitrogens with zero attached hydrogens (tertiary/aromatic N) is 2. The van der Waals surface area contributed by atoms with Crippen LogP contribution in [-0.4, -0.2) is 0 Å². The minimum absolute atomic E-state index is 1.09. The van der Waals surface area contributed by atoms with Gasteiger partial charge < -0.3 is 0 Å². The second kappa shape index (κ2) is 6.62. The zero-order valence-electron chi connectivity index (χ0n) is 3.42. The van der Waals surface area contributed by atoms with Crippen LogP contribution in [0.15, 0.2) is 0 Å². The molecule has 7 heavy (non-hydrogen) atoms. The summed E-state index contributed by atoms with van der Waals surface area (Å²) in [5, 5.41) is 19.8. The van der Waals surface area contributed by atoms with Crippen LogP contribution in [0.1, 0.15) is 0 Å². The van der Waals surface area contributed by atoms with E-state index in [0.29, 0.717) is 0 Å². The summed E-state index contributed by atoms with van der Waals surface area (Å²) in [6.07, 6.45) is 0. The first kappa shape index (κ1) is 7.62. The van der Waals surface area contributed by atoms with E-state index in [1.54, 1.807) is 0 Å². The van der Waals surface area contributed by atoms with E-state index in [9.17, 15) is 0 Å². The topological polar surface area (TPSA) is 47.6 Å². The van der Waals surface area contributed by atoms with Crippen molar-refractivity contribution in [2.45, 2.75) is 0 Å². The van der Waals surface area contributed by atoms with Gasteiger partial charge in [0.2, 0.25) is 0 Å². The van der Waals surface area contributed by atoms with Gasteiger partial charge in [-0.3, -0.25) is 0 Å². The number of rotatable bonds is 2. The molecule has 0 aliphatic heterocycles. The van der Waals surface area contributed by atoms with Gasteiger partial charge >= 0.3 is 59.4 Å². The maximum atomic E-state index is 7.94. The van der Waals surface area contributed by atoms with Crippen molar-refractivity contribution in [1.82, 2.24) is 0 Å². The second-order valence-electron chi connectivity index (χ2n) is 0.589. The number of hydrogen-bond acceptors (Lipinski definition) is 4. The molecule has 0 spiro atoms. The summed E-state index contributed by atoms with van der Waals surface area (Å²) in [5.41, 5.74) is 0. The van der Waals surface area contributed by atoms with E-state index in [-0.39, 0.29) is 0 Å². The summed E-state index contributed by atoms with van der Waals surface area (Å²) in [7, 11) is 2.60. The summed E-state index contributed by atoms with van der Waals surface area (Å²) in [4.78, 5) is 0. The molecule has 2 nitrogen and oxygen atoms in total. The molecule has 32 valence electrons. The minimum atomic E-state index is -1.09. The SMILES string of the molecule is N#C[S][Hg][S]C#N. The van der Waals surface area contributed by atoms with Gasteiger partial charge in [-0.1, -0.05) is 0 Å². The summed E-state index contributed by atoms with van der Waals surface area (Å²) in [6.45, 7) is 0. The van der Waals surface area contributed by atoms with Crippen molar-refractivity contribution < 1.29 is 21.5 Å². The first-order chi connectivity index (χ1) is 3.41. The fourth-order valence-electron chi connectivity index (χ4n) is 0.0822. The molecule has 0 atom stereocenters. The van der Waals surface area contributed by atoms with Crippen molar-refractivity contribution in [2.24, 2.45) is 0 Å². The third-order valence-corrected chi connectivity index (χ3v) is 12.7. The van der Waals surface area contributed by atoms with Crippen LogP contribution in [0, 0.1) is 21.3 Å². The number of thiocyanates is 2. The number of nitriles is 2. The van der Waals surface area contributed by atoms with E-state index in [2.05, 4.69) is 0 Å². The zero-order valence-corrected chi connectivity index (χ0v) is 10.5. The molecule has 0 aliphatic carbocycles. The van der Waals surface area contributed by atoms with Gasteiger partial charge in [0.15, 0.2) is 0 Å². The predicted octanol–water partition coefficient (Wildman–Crippen LogP) is 1.33. The van der Waals surface area contributed by atoms with Crippen molar-refractivity contribution in [1.29, 1.82) is 10.5 Å². The van der Waals surface area contributed by atoms with E-state index in [1.165, 1.54) is 16.5 Å². The Labute approximate surface area is 58.9 Å². The summed E-state index contributed by atoms with van der Waals surface area (Å²) in [5.74, 6) is 0. The molecule has 0 aromatic heterocycles. The van der Waals surface area contributed by atoms with Crippen LogP contribution in [0.5, 0.6) is 0 Å². The normalized spacial score (nSPS) is 5.43. The Bertz CT molecular complexity index is 97.8. The van der Waals surface area contributed by atoms with Gasteiger partial charge in [0.25, 0.3) is 0 Å². The summed E-state index contributed by atoms with van der Waals surface area (Å²) in [6, 6.07) is 0. The molecule has 0 bridgehead atoms. The van der Waals surface area contributed by atoms with Crippen LogP contribution in [-0.2, 0) is 21.5 Å². The first-order valence-corrected chi connectivity index (χ1v) is 16.9. The van der Waals surface area contributed by atoms with Crippen molar-refractivity contribution in [3.05, 3.63) is 0 Å². The molecule has 5 heteroatoms. The Hall–Kier alpha value is 0.615. The quantitative estimate of drug-likeness (QED) is 0.438. The van der Waals surface area contributed by atoms with Crippen LogP contribution in [0.3, 0.4) is 0 Å². The van der Waals surface area contributed by atoms with Gasteiger partial charge in [0.1, 0.15) is 0 Å². The molecule has 0 aromatic carbocycles. The van der Waals surface area contributed by atoms with Gasteiger partial charge in [0.05, 0.1) is 0 Å². The predicted molar refractivity (Wildman–Crippen MR) is 26.4 cm³/mol. The van der Waals surface area contributed by atoms with Gasteiger partial charge in [0, 0.05) is 0 Å². The van der Waals surface area contributed by atoms with E-state index in [1.807, 2.05) is 10.8 Å². The number of hydrogen-bond donors (Lipinski definition) is 0.